The Morgan fingerprint density at radius 1 is 1.27 bits per heavy atom. The molecule has 0 atom stereocenters. The van der Waals surface area contributed by atoms with Gasteiger partial charge in [0.2, 0.25) is 0 Å². The molecule has 0 saturated heterocycles. The van der Waals surface area contributed by atoms with Crippen LogP contribution in [0.5, 0.6) is 0 Å². The Labute approximate surface area is 162 Å². The average molecular weight is 558 g/mol. The molecule has 3 N–H and O–H groups in total. The zero-order valence-electron chi connectivity index (χ0n) is 10.7. The van der Waals surface area contributed by atoms with Gasteiger partial charge in [0.15, 0.2) is 5.11 Å². The molecule has 0 saturated carbocycles. The number of hydrogen-bond donors (Lipinski definition) is 3. The van der Waals surface area contributed by atoms with Gasteiger partial charge in [-0.3, -0.25) is 10.1 Å². The van der Waals surface area contributed by atoms with Gasteiger partial charge >= 0.3 is 5.97 Å². The first-order valence-electron chi connectivity index (χ1n) is 5.76. The summed E-state index contributed by atoms with van der Waals surface area (Å²) in [6.07, 6.45) is 0. The lowest BCUT2D eigenvalue weighted by Gasteiger charge is -2.13. The van der Waals surface area contributed by atoms with Crippen LogP contribution >= 0.6 is 68.7 Å². The first-order valence-corrected chi connectivity index (χ1v) is 9.21. The number of halogens is 2. The summed E-state index contributed by atoms with van der Waals surface area (Å²) in [4.78, 5) is 23.8. The molecule has 2 aromatic rings. The normalized spacial score (nSPS) is 10.1. The number of thiocarbonyl (C=S) groups is 1. The summed E-state index contributed by atoms with van der Waals surface area (Å²) >= 11 is 10.5. The highest BCUT2D eigenvalue weighted by Crippen LogP contribution is 2.26. The number of carbonyl (C=O) groups is 2. The lowest BCUT2D eigenvalue weighted by molar-refractivity contribution is 0.0697. The van der Waals surface area contributed by atoms with Crippen LogP contribution in [-0.2, 0) is 0 Å². The minimum Gasteiger partial charge on any atom is -0.478 e. The van der Waals surface area contributed by atoms with E-state index in [0.717, 1.165) is 3.57 Å². The van der Waals surface area contributed by atoms with E-state index in [1.807, 2.05) is 51.2 Å². The van der Waals surface area contributed by atoms with E-state index in [1.54, 1.807) is 17.5 Å². The lowest BCUT2D eigenvalue weighted by atomic mass is 10.2. The Morgan fingerprint density at radius 3 is 2.59 bits per heavy atom. The summed E-state index contributed by atoms with van der Waals surface area (Å²) in [5.74, 6) is -1.39. The second-order valence-electron chi connectivity index (χ2n) is 4.00. The van der Waals surface area contributed by atoms with Gasteiger partial charge in [0.25, 0.3) is 5.91 Å². The highest BCUT2D eigenvalue weighted by atomic mass is 127. The summed E-state index contributed by atoms with van der Waals surface area (Å²) in [7, 11) is 0. The molecule has 0 radical (unpaired) electrons. The van der Waals surface area contributed by atoms with Crippen LogP contribution in [0.3, 0.4) is 0 Å². The Kier molecular flexibility index (Phi) is 6.11. The molecule has 114 valence electrons. The average Bonchev–Trinajstić information content (AvgIpc) is 2.95. The van der Waals surface area contributed by atoms with Crippen molar-refractivity contribution < 1.29 is 14.7 Å². The monoisotopic (exact) mass is 558 g/mol. The number of nitrogens with one attached hydrogen (secondary N) is 2. The fourth-order valence-corrected chi connectivity index (χ4v) is 4.38. The van der Waals surface area contributed by atoms with Crippen LogP contribution in [0.25, 0.3) is 0 Å². The zero-order valence-corrected chi connectivity index (χ0v) is 16.7. The summed E-state index contributed by atoms with van der Waals surface area (Å²) < 4.78 is 1.51. The van der Waals surface area contributed by atoms with Crippen LogP contribution in [0.4, 0.5) is 5.69 Å². The van der Waals surface area contributed by atoms with Crippen molar-refractivity contribution in [2.24, 2.45) is 0 Å². The fourth-order valence-electron chi connectivity index (χ4n) is 1.59. The standard InChI is InChI=1S/C13H8I2N2O3S2/c14-6-4-7(12(19)20)10(8(15)5-6)16-13(21)17-11(18)9-2-1-3-22-9/h1-5H,(H,19,20)(H2,16,17,18,21). The molecule has 22 heavy (non-hydrogen) atoms. The van der Waals surface area contributed by atoms with Crippen molar-refractivity contribution in [3.63, 3.8) is 0 Å². The third-order valence-electron chi connectivity index (χ3n) is 2.50. The van der Waals surface area contributed by atoms with Crippen molar-refractivity contribution in [3.05, 3.63) is 47.2 Å². The van der Waals surface area contributed by atoms with Crippen LogP contribution in [0.1, 0.15) is 20.0 Å². The van der Waals surface area contributed by atoms with E-state index in [0.29, 0.717) is 14.1 Å². The van der Waals surface area contributed by atoms with E-state index in [2.05, 4.69) is 10.6 Å². The Morgan fingerprint density at radius 2 is 2.00 bits per heavy atom. The van der Waals surface area contributed by atoms with Crippen molar-refractivity contribution in [3.8, 4) is 0 Å². The van der Waals surface area contributed by atoms with Gasteiger partial charge in [0.05, 0.1) is 16.1 Å². The third-order valence-corrected chi connectivity index (χ3v) is 5.04. The maximum atomic E-state index is 11.9. The van der Waals surface area contributed by atoms with Gasteiger partial charge < -0.3 is 10.4 Å². The van der Waals surface area contributed by atoms with Crippen molar-refractivity contribution >= 4 is 91.4 Å². The molecule has 1 amide bonds. The minimum atomic E-state index is -1.06. The number of benzene rings is 1. The summed E-state index contributed by atoms with van der Waals surface area (Å²) in [6, 6.07) is 6.80. The van der Waals surface area contributed by atoms with Crippen molar-refractivity contribution in [1.29, 1.82) is 0 Å². The number of aromatic carboxylic acids is 1. The largest absolute Gasteiger partial charge is 0.478 e. The number of carboxylic acids is 1. The first-order chi connectivity index (χ1) is 10.4. The number of anilines is 1. The lowest BCUT2D eigenvalue weighted by Crippen LogP contribution is -2.34. The Hall–Kier alpha value is -0.790. The number of rotatable bonds is 3. The SMILES string of the molecule is O=C(NC(=S)Nc1c(I)cc(I)cc1C(=O)O)c1cccs1. The molecule has 9 heteroatoms. The van der Waals surface area contributed by atoms with E-state index in [1.165, 1.54) is 17.4 Å². The molecule has 0 unspecified atom stereocenters. The van der Waals surface area contributed by atoms with Crippen molar-refractivity contribution in [2.45, 2.75) is 0 Å². The predicted molar refractivity (Wildman–Crippen MR) is 107 cm³/mol. The van der Waals surface area contributed by atoms with E-state index in [9.17, 15) is 14.7 Å². The molecule has 0 aliphatic rings. The number of carboxylic acid groups (broad SMARTS) is 1. The third kappa shape index (κ3) is 4.36. The highest BCUT2D eigenvalue weighted by Gasteiger charge is 2.17. The molecule has 1 aromatic heterocycles. The summed E-state index contributed by atoms with van der Waals surface area (Å²) in [5, 5.41) is 16.5. The summed E-state index contributed by atoms with van der Waals surface area (Å²) in [6.45, 7) is 0. The van der Waals surface area contributed by atoms with Crippen molar-refractivity contribution in [2.75, 3.05) is 5.32 Å². The molecular weight excluding hydrogens is 550 g/mol. The van der Waals surface area contributed by atoms with Gasteiger partial charge in [-0.2, -0.15) is 0 Å². The molecule has 0 bridgehead atoms. The molecule has 0 aliphatic heterocycles. The minimum absolute atomic E-state index is 0.0556. The van der Waals surface area contributed by atoms with Crippen LogP contribution in [0, 0.1) is 7.14 Å². The van der Waals surface area contributed by atoms with E-state index < -0.39 is 5.97 Å². The number of thiophene rings is 1. The van der Waals surface area contributed by atoms with Gasteiger partial charge in [-0.05, 0) is 81.0 Å². The topological polar surface area (TPSA) is 78.4 Å². The molecule has 0 fully saturated rings. The molecule has 0 spiro atoms. The van der Waals surface area contributed by atoms with Crippen LogP contribution in [0.15, 0.2) is 29.6 Å². The van der Waals surface area contributed by atoms with Crippen LogP contribution in [-0.4, -0.2) is 22.1 Å². The highest BCUT2D eigenvalue weighted by molar-refractivity contribution is 14.1. The molecule has 5 nitrogen and oxygen atoms in total. The van der Waals surface area contributed by atoms with E-state index in [-0.39, 0.29) is 16.6 Å². The quantitative estimate of drug-likeness (QED) is 0.395. The van der Waals surface area contributed by atoms with Gasteiger partial charge in [-0.15, -0.1) is 11.3 Å². The van der Waals surface area contributed by atoms with Gasteiger partial charge in [0.1, 0.15) is 0 Å². The van der Waals surface area contributed by atoms with E-state index >= 15 is 0 Å². The molecule has 1 heterocycles. The maximum Gasteiger partial charge on any atom is 0.337 e. The van der Waals surface area contributed by atoms with E-state index in [4.69, 9.17) is 12.2 Å². The van der Waals surface area contributed by atoms with Crippen molar-refractivity contribution in [1.82, 2.24) is 5.32 Å². The summed E-state index contributed by atoms with van der Waals surface area (Å²) in [5.41, 5.74) is 0.467. The first kappa shape index (κ1) is 17.6. The molecule has 1 aromatic carbocycles. The Bertz CT molecular complexity index is 748. The zero-order chi connectivity index (χ0) is 16.3. The molecule has 0 aliphatic carbocycles. The maximum absolute atomic E-state index is 11.9. The van der Waals surface area contributed by atoms with Crippen LogP contribution in [0.2, 0.25) is 0 Å². The number of carbonyl (C=O) groups excluding carboxylic acids is 1. The van der Waals surface area contributed by atoms with Gasteiger partial charge in [0, 0.05) is 7.14 Å². The number of amides is 1. The van der Waals surface area contributed by atoms with Crippen LogP contribution < -0.4 is 10.6 Å². The fraction of sp³-hybridized carbons (Fsp3) is 0. The predicted octanol–water partition coefficient (Wildman–Crippen LogP) is 3.78. The second kappa shape index (κ2) is 7.66. The Balaban J connectivity index is 2.18. The molecular formula is C13H8I2N2O3S2. The van der Waals surface area contributed by atoms with Gasteiger partial charge in [-0.25, -0.2) is 4.79 Å². The van der Waals surface area contributed by atoms with Gasteiger partial charge in [-0.1, -0.05) is 6.07 Å². The molecule has 2 rings (SSSR count). The number of hydrogen-bond acceptors (Lipinski definition) is 4. The second-order valence-corrected chi connectivity index (χ2v) is 7.76. The smallest absolute Gasteiger partial charge is 0.337 e.